The molecule has 0 bridgehead atoms. The van der Waals surface area contributed by atoms with Gasteiger partial charge in [-0.25, -0.2) is 0 Å². The number of fused-ring (bicyclic) bond motifs is 2. The van der Waals surface area contributed by atoms with Gasteiger partial charge < -0.3 is 20.0 Å². The Bertz CT molecular complexity index is 1460. The average molecular weight is 540 g/mol. The van der Waals surface area contributed by atoms with Gasteiger partial charge in [0.25, 0.3) is 5.91 Å². The number of hydrogen-bond acceptors (Lipinski definition) is 5. The number of amides is 3. The van der Waals surface area contributed by atoms with Crippen LogP contribution in [0.2, 0.25) is 0 Å². The topological polar surface area (TPSA) is 101 Å². The van der Waals surface area contributed by atoms with Gasteiger partial charge >= 0.3 is 0 Å². The highest BCUT2D eigenvalue weighted by Crippen LogP contribution is 2.46. The van der Waals surface area contributed by atoms with E-state index in [1.165, 1.54) is 9.80 Å². The number of para-hydroxylation sites is 1. The zero-order chi connectivity index (χ0) is 28.4. The molecule has 0 radical (unpaired) electrons. The quantitative estimate of drug-likeness (QED) is 0.336. The van der Waals surface area contributed by atoms with Crippen molar-refractivity contribution in [3.05, 3.63) is 102 Å². The van der Waals surface area contributed by atoms with Crippen molar-refractivity contribution in [3.8, 4) is 0 Å². The van der Waals surface area contributed by atoms with Crippen LogP contribution in [0.5, 0.6) is 0 Å². The van der Waals surface area contributed by atoms with Gasteiger partial charge in [0, 0.05) is 42.9 Å². The van der Waals surface area contributed by atoms with Crippen LogP contribution < -0.4 is 9.80 Å². The lowest BCUT2D eigenvalue weighted by molar-refractivity contribution is -0.139. The number of carbonyl (C=O) groups is 3. The van der Waals surface area contributed by atoms with Gasteiger partial charge in [0.2, 0.25) is 12.3 Å². The van der Waals surface area contributed by atoms with Crippen molar-refractivity contribution in [2.24, 2.45) is 5.92 Å². The van der Waals surface area contributed by atoms with Gasteiger partial charge in [-0.2, -0.15) is 0 Å². The lowest BCUT2D eigenvalue weighted by Crippen LogP contribution is -2.46. The molecule has 0 aliphatic carbocycles. The highest BCUT2D eigenvalue weighted by molar-refractivity contribution is 6.07. The molecule has 0 spiro atoms. The van der Waals surface area contributed by atoms with Gasteiger partial charge in [0.05, 0.1) is 18.3 Å². The van der Waals surface area contributed by atoms with Crippen molar-refractivity contribution < 1.29 is 24.6 Å². The second-order valence-electron chi connectivity index (χ2n) is 10.4. The van der Waals surface area contributed by atoms with Gasteiger partial charge in [-0.3, -0.25) is 19.3 Å². The first-order valence-electron chi connectivity index (χ1n) is 13.4. The Labute approximate surface area is 233 Å². The summed E-state index contributed by atoms with van der Waals surface area (Å²) in [5, 5.41) is 21.7. The minimum absolute atomic E-state index is 0.0724. The normalized spacial score (nSPS) is 20.8. The van der Waals surface area contributed by atoms with Gasteiger partial charge in [-0.05, 0) is 47.9 Å². The predicted octanol–water partition coefficient (Wildman–Crippen LogP) is 3.67. The molecule has 0 unspecified atom stereocenters. The highest BCUT2D eigenvalue weighted by Gasteiger charge is 2.51. The van der Waals surface area contributed by atoms with E-state index in [0.29, 0.717) is 42.0 Å². The third kappa shape index (κ3) is 4.69. The highest BCUT2D eigenvalue weighted by atomic mass is 16.3. The molecule has 2 aliphatic heterocycles. The van der Waals surface area contributed by atoms with Crippen molar-refractivity contribution in [1.82, 2.24) is 4.90 Å². The summed E-state index contributed by atoms with van der Waals surface area (Å²) in [5.41, 5.74) is 2.47. The number of carbonyl (C=O) groups excluding carboxylic acids is 3. The minimum Gasteiger partial charge on any atom is -0.394 e. The fourth-order valence-electron chi connectivity index (χ4n) is 5.72. The number of nitrogens with zero attached hydrogens (tertiary/aromatic N) is 3. The van der Waals surface area contributed by atoms with E-state index in [1.807, 2.05) is 42.5 Å². The second kappa shape index (κ2) is 11.1. The van der Waals surface area contributed by atoms with Crippen molar-refractivity contribution in [1.29, 1.82) is 0 Å². The van der Waals surface area contributed by atoms with Crippen molar-refractivity contribution in [2.75, 3.05) is 23.5 Å². The predicted molar refractivity (Wildman–Crippen MR) is 153 cm³/mol. The lowest BCUT2D eigenvalue weighted by atomic mass is 9.82. The largest absolute Gasteiger partial charge is 0.394 e. The van der Waals surface area contributed by atoms with Gasteiger partial charge in [0.15, 0.2) is 5.60 Å². The molecule has 5 rings (SSSR count). The van der Waals surface area contributed by atoms with Crippen LogP contribution in [0.3, 0.4) is 0 Å². The fraction of sp³-hybridized carbons (Fsp3) is 0.281. The van der Waals surface area contributed by atoms with Crippen LogP contribution in [-0.2, 0) is 33.0 Å². The van der Waals surface area contributed by atoms with E-state index in [1.54, 1.807) is 61.4 Å². The summed E-state index contributed by atoms with van der Waals surface area (Å²) in [7, 11) is 1.61. The first-order valence-corrected chi connectivity index (χ1v) is 13.4. The third-order valence-electron chi connectivity index (χ3n) is 8.06. The summed E-state index contributed by atoms with van der Waals surface area (Å²) in [4.78, 5) is 43.1. The first-order chi connectivity index (χ1) is 19.3. The molecule has 8 nitrogen and oxygen atoms in total. The molecule has 2 N–H and O–H groups in total. The van der Waals surface area contributed by atoms with Crippen LogP contribution in [-0.4, -0.2) is 53.0 Å². The number of aliphatic hydroxyl groups excluding tert-OH is 1. The standard InChI is InChI=1S/C32H33N3O5/c1-22(9-8-14-30(38)34-19-24-11-7-6-10-23(24)17-27(34)20-36)32(40)28-18-26(15-16-29(28)33(2)31(32)39)35(21-37)25-12-4-3-5-13-25/h3-13,15-16,18,21-22,27,36,40H,14,17,19-20H2,1-2H3/b9-8+/t22-,27-,32+/m0/s1. The van der Waals surface area contributed by atoms with Crippen LogP contribution in [0.25, 0.3) is 0 Å². The maximum atomic E-state index is 13.3. The number of anilines is 3. The summed E-state index contributed by atoms with van der Waals surface area (Å²) < 4.78 is 0. The fourth-order valence-corrected chi connectivity index (χ4v) is 5.72. The van der Waals surface area contributed by atoms with E-state index < -0.39 is 17.4 Å². The number of aliphatic hydroxyl groups is 2. The van der Waals surface area contributed by atoms with Crippen LogP contribution in [0.1, 0.15) is 30.0 Å². The monoisotopic (exact) mass is 539 g/mol. The zero-order valence-corrected chi connectivity index (χ0v) is 22.6. The SMILES string of the molecule is C[C@@H](/C=C/CC(=O)N1Cc2ccccc2C[C@H]1CO)[C@]1(O)C(=O)N(C)c2ccc(N(C=O)c3ccccc3)cc21. The molecule has 8 heteroatoms. The second-order valence-corrected chi connectivity index (χ2v) is 10.4. The molecule has 3 atom stereocenters. The molecule has 0 fully saturated rings. The Morgan fingerprint density at radius 2 is 1.77 bits per heavy atom. The molecule has 3 aromatic carbocycles. The number of benzene rings is 3. The Balaban J connectivity index is 1.37. The summed E-state index contributed by atoms with van der Waals surface area (Å²) in [5.74, 6) is -1.27. The average Bonchev–Trinajstić information content (AvgIpc) is 3.18. The Morgan fingerprint density at radius 1 is 1.07 bits per heavy atom. The summed E-state index contributed by atoms with van der Waals surface area (Å²) in [6, 6.07) is 21.9. The lowest BCUT2D eigenvalue weighted by Gasteiger charge is -2.36. The molecule has 2 aliphatic rings. The molecule has 40 heavy (non-hydrogen) atoms. The number of hydrogen-bond donors (Lipinski definition) is 2. The minimum atomic E-state index is -1.87. The number of rotatable bonds is 8. The van der Waals surface area contributed by atoms with Crippen LogP contribution in [0.4, 0.5) is 17.1 Å². The molecule has 0 aromatic heterocycles. The summed E-state index contributed by atoms with van der Waals surface area (Å²) >= 11 is 0. The Kier molecular flexibility index (Phi) is 7.56. The third-order valence-corrected chi connectivity index (χ3v) is 8.06. The maximum absolute atomic E-state index is 13.3. The molecule has 0 saturated carbocycles. The smallest absolute Gasteiger partial charge is 0.264 e. The zero-order valence-electron chi connectivity index (χ0n) is 22.6. The van der Waals surface area contributed by atoms with Crippen LogP contribution in [0, 0.1) is 5.92 Å². The van der Waals surface area contributed by atoms with E-state index in [-0.39, 0.29) is 25.0 Å². The molecule has 206 valence electrons. The van der Waals surface area contributed by atoms with E-state index in [0.717, 1.165) is 11.1 Å². The molecule has 0 saturated heterocycles. The van der Waals surface area contributed by atoms with Crippen LogP contribution >= 0.6 is 0 Å². The first kappa shape index (κ1) is 27.3. The summed E-state index contributed by atoms with van der Waals surface area (Å²) in [6.07, 6.45) is 4.73. The van der Waals surface area contributed by atoms with Crippen molar-refractivity contribution in [3.63, 3.8) is 0 Å². The van der Waals surface area contributed by atoms with Gasteiger partial charge in [-0.15, -0.1) is 0 Å². The van der Waals surface area contributed by atoms with E-state index >= 15 is 0 Å². The Morgan fingerprint density at radius 3 is 2.48 bits per heavy atom. The van der Waals surface area contributed by atoms with Crippen LogP contribution in [0.15, 0.2) is 84.9 Å². The Hall–Kier alpha value is -4.27. The van der Waals surface area contributed by atoms with Crippen molar-refractivity contribution >= 4 is 35.3 Å². The molecular weight excluding hydrogens is 506 g/mol. The van der Waals surface area contributed by atoms with Crippen molar-refractivity contribution in [2.45, 2.75) is 38.0 Å². The van der Waals surface area contributed by atoms with Gasteiger partial charge in [-0.1, -0.05) is 61.5 Å². The van der Waals surface area contributed by atoms with E-state index in [9.17, 15) is 24.6 Å². The summed E-state index contributed by atoms with van der Waals surface area (Å²) in [6.45, 7) is 2.04. The molecule has 3 aromatic rings. The van der Waals surface area contributed by atoms with Gasteiger partial charge in [0.1, 0.15) is 0 Å². The molecule has 3 amide bonds. The van der Waals surface area contributed by atoms with E-state index in [2.05, 4.69) is 0 Å². The number of likely N-dealkylation sites (N-methyl/N-ethyl adjacent to an activating group) is 1. The maximum Gasteiger partial charge on any atom is 0.264 e. The molecule has 2 heterocycles. The van der Waals surface area contributed by atoms with E-state index in [4.69, 9.17) is 0 Å². The molecular formula is C32H33N3O5.